The van der Waals surface area contributed by atoms with E-state index in [-0.39, 0.29) is 0 Å². The predicted molar refractivity (Wildman–Crippen MR) is 51.5 cm³/mol. The lowest BCUT2D eigenvalue weighted by Crippen LogP contribution is -2.01. The molecule has 0 unspecified atom stereocenters. The molecule has 0 amide bonds. The Morgan fingerprint density at radius 2 is 2.38 bits per heavy atom. The summed E-state index contributed by atoms with van der Waals surface area (Å²) in [7, 11) is 0. The minimum atomic E-state index is 0.485. The van der Waals surface area contributed by atoms with E-state index in [1.165, 1.54) is 12.8 Å². The fourth-order valence-electron chi connectivity index (χ4n) is 1.27. The second-order valence-electron chi connectivity index (χ2n) is 3.47. The fraction of sp³-hybridized carbons (Fsp3) is 0.500. The molecular weight excluding hydrogens is 164 g/mol. The average molecular weight is 178 g/mol. The highest BCUT2D eigenvalue weighted by Gasteiger charge is 2.20. The summed E-state index contributed by atoms with van der Waals surface area (Å²) in [6.07, 6.45) is 5.55. The molecule has 1 fully saturated rings. The summed E-state index contributed by atoms with van der Waals surface area (Å²) in [4.78, 5) is 3.95. The summed E-state index contributed by atoms with van der Waals surface area (Å²) >= 11 is 0. The molecule has 0 aliphatic heterocycles. The molecular formula is C10H14N2O. The van der Waals surface area contributed by atoms with Crippen LogP contribution in [0.3, 0.4) is 0 Å². The predicted octanol–water partition coefficient (Wildman–Crippen LogP) is 1.84. The molecule has 3 nitrogen and oxygen atoms in total. The molecule has 3 heteroatoms. The zero-order valence-electron chi connectivity index (χ0n) is 7.57. The molecule has 0 bridgehead atoms. The van der Waals surface area contributed by atoms with Gasteiger partial charge in [0.1, 0.15) is 0 Å². The molecule has 1 aliphatic rings. The van der Waals surface area contributed by atoms with E-state index in [1.54, 1.807) is 6.20 Å². The SMILES string of the molecule is Nc1ncccc1OCCC1CC1. The van der Waals surface area contributed by atoms with Crippen LogP contribution in [0.15, 0.2) is 18.3 Å². The van der Waals surface area contributed by atoms with Crippen LogP contribution >= 0.6 is 0 Å². The number of aromatic nitrogens is 1. The maximum Gasteiger partial charge on any atom is 0.166 e. The Morgan fingerprint density at radius 3 is 3.08 bits per heavy atom. The number of hydrogen-bond acceptors (Lipinski definition) is 3. The number of nitrogens with two attached hydrogens (primary N) is 1. The van der Waals surface area contributed by atoms with Crippen molar-refractivity contribution in [1.82, 2.24) is 4.98 Å². The molecule has 2 N–H and O–H groups in total. The molecule has 2 rings (SSSR count). The third-order valence-electron chi connectivity index (χ3n) is 2.28. The molecule has 0 radical (unpaired) electrons. The highest BCUT2D eigenvalue weighted by Crippen LogP contribution is 2.32. The molecule has 1 aliphatic carbocycles. The van der Waals surface area contributed by atoms with Gasteiger partial charge in [-0.1, -0.05) is 12.8 Å². The number of ether oxygens (including phenoxy) is 1. The van der Waals surface area contributed by atoms with Gasteiger partial charge in [-0.05, 0) is 24.5 Å². The quantitative estimate of drug-likeness (QED) is 0.765. The molecule has 1 heterocycles. The maximum absolute atomic E-state index is 5.62. The summed E-state index contributed by atoms with van der Waals surface area (Å²) in [6.45, 7) is 0.764. The third-order valence-corrected chi connectivity index (χ3v) is 2.28. The van der Waals surface area contributed by atoms with Crippen LogP contribution < -0.4 is 10.5 Å². The summed E-state index contributed by atoms with van der Waals surface area (Å²) < 4.78 is 5.50. The van der Waals surface area contributed by atoms with Crippen LogP contribution in [0, 0.1) is 5.92 Å². The van der Waals surface area contributed by atoms with Crippen molar-refractivity contribution < 1.29 is 4.74 Å². The minimum absolute atomic E-state index is 0.485. The van der Waals surface area contributed by atoms with Gasteiger partial charge in [0.05, 0.1) is 6.61 Å². The van der Waals surface area contributed by atoms with Crippen molar-refractivity contribution in [2.75, 3.05) is 12.3 Å². The van der Waals surface area contributed by atoms with Gasteiger partial charge < -0.3 is 10.5 Å². The van der Waals surface area contributed by atoms with Gasteiger partial charge >= 0.3 is 0 Å². The van der Waals surface area contributed by atoms with Crippen LogP contribution in [-0.4, -0.2) is 11.6 Å². The molecule has 1 saturated carbocycles. The van der Waals surface area contributed by atoms with Crippen molar-refractivity contribution in [3.8, 4) is 5.75 Å². The fourth-order valence-corrected chi connectivity index (χ4v) is 1.27. The Morgan fingerprint density at radius 1 is 1.54 bits per heavy atom. The number of nitrogens with zero attached hydrogens (tertiary/aromatic N) is 1. The van der Waals surface area contributed by atoms with Crippen molar-refractivity contribution in [3.05, 3.63) is 18.3 Å². The standard InChI is InChI=1S/C10H14N2O/c11-10-9(2-1-6-12-10)13-7-5-8-3-4-8/h1-2,6,8H,3-5,7H2,(H2,11,12). The van der Waals surface area contributed by atoms with Crippen LogP contribution in [-0.2, 0) is 0 Å². The lowest BCUT2D eigenvalue weighted by Gasteiger charge is -2.06. The van der Waals surface area contributed by atoms with Gasteiger partial charge in [-0.15, -0.1) is 0 Å². The van der Waals surface area contributed by atoms with E-state index in [1.807, 2.05) is 12.1 Å². The maximum atomic E-state index is 5.62. The third kappa shape index (κ3) is 2.34. The average Bonchev–Trinajstić information content (AvgIpc) is 2.92. The number of anilines is 1. The van der Waals surface area contributed by atoms with Gasteiger partial charge in [-0.25, -0.2) is 4.98 Å². The van der Waals surface area contributed by atoms with E-state index < -0.39 is 0 Å². The molecule has 0 spiro atoms. The highest BCUT2D eigenvalue weighted by molar-refractivity contribution is 5.44. The first kappa shape index (κ1) is 8.35. The molecule has 0 aromatic carbocycles. The zero-order valence-corrected chi connectivity index (χ0v) is 7.57. The van der Waals surface area contributed by atoms with E-state index in [4.69, 9.17) is 10.5 Å². The van der Waals surface area contributed by atoms with Crippen molar-refractivity contribution >= 4 is 5.82 Å². The number of nitrogen functional groups attached to an aromatic ring is 1. The molecule has 13 heavy (non-hydrogen) atoms. The summed E-state index contributed by atoms with van der Waals surface area (Å²) in [5, 5.41) is 0. The molecule has 1 aromatic heterocycles. The summed E-state index contributed by atoms with van der Waals surface area (Å²) in [6, 6.07) is 3.69. The van der Waals surface area contributed by atoms with Crippen molar-refractivity contribution in [1.29, 1.82) is 0 Å². The van der Waals surface area contributed by atoms with E-state index in [0.29, 0.717) is 11.6 Å². The Kier molecular flexibility index (Phi) is 2.34. The van der Waals surface area contributed by atoms with Gasteiger partial charge in [0.25, 0.3) is 0 Å². The first-order valence-electron chi connectivity index (χ1n) is 4.69. The lowest BCUT2D eigenvalue weighted by atomic mass is 10.3. The van der Waals surface area contributed by atoms with E-state index in [2.05, 4.69) is 4.98 Å². The molecule has 1 aromatic rings. The first-order valence-corrected chi connectivity index (χ1v) is 4.69. The number of rotatable bonds is 4. The second-order valence-corrected chi connectivity index (χ2v) is 3.47. The molecule has 70 valence electrons. The van der Waals surface area contributed by atoms with Crippen molar-refractivity contribution in [2.45, 2.75) is 19.3 Å². The van der Waals surface area contributed by atoms with Gasteiger partial charge in [0, 0.05) is 6.20 Å². The minimum Gasteiger partial charge on any atom is -0.490 e. The van der Waals surface area contributed by atoms with E-state index in [0.717, 1.165) is 18.9 Å². The van der Waals surface area contributed by atoms with E-state index in [9.17, 15) is 0 Å². The second kappa shape index (κ2) is 3.64. The normalized spacial score (nSPS) is 15.7. The topological polar surface area (TPSA) is 48.1 Å². The van der Waals surface area contributed by atoms with E-state index >= 15 is 0 Å². The Labute approximate surface area is 77.9 Å². The van der Waals surface area contributed by atoms with Crippen LogP contribution in [0.1, 0.15) is 19.3 Å². The first-order chi connectivity index (χ1) is 6.36. The van der Waals surface area contributed by atoms with Crippen LogP contribution in [0.2, 0.25) is 0 Å². The number of hydrogen-bond donors (Lipinski definition) is 1. The van der Waals surface area contributed by atoms with Gasteiger partial charge in [0.15, 0.2) is 11.6 Å². The monoisotopic (exact) mass is 178 g/mol. The molecule has 0 atom stereocenters. The van der Waals surface area contributed by atoms with Gasteiger partial charge in [0.2, 0.25) is 0 Å². The number of pyridine rings is 1. The van der Waals surface area contributed by atoms with Crippen molar-refractivity contribution in [2.24, 2.45) is 5.92 Å². The largest absolute Gasteiger partial charge is 0.490 e. The Bertz CT molecular complexity index is 284. The van der Waals surface area contributed by atoms with Gasteiger partial charge in [-0.2, -0.15) is 0 Å². The highest BCUT2D eigenvalue weighted by atomic mass is 16.5. The lowest BCUT2D eigenvalue weighted by molar-refractivity contribution is 0.303. The van der Waals surface area contributed by atoms with Crippen LogP contribution in [0.25, 0.3) is 0 Å². The summed E-state index contributed by atoms with van der Waals surface area (Å²) in [5.74, 6) is 2.10. The van der Waals surface area contributed by atoms with Crippen LogP contribution in [0.4, 0.5) is 5.82 Å². The van der Waals surface area contributed by atoms with Gasteiger partial charge in [-0.3, -0.25) is 0 Å². The zero-order chi connectivity index (χ0) is 9.10. The Balaban J connectivity index is 1.82. The van der Waals surface area contributed by atoms with Crippen LogP contribution in [0.5, 0.6) is 5.75 Å². The summed E-state index contributed by atoms with van der Waals surface area (Å²) in [5.41, 5.74) is 5.62. The Hall–Kier alpha value is -1.25. The smallest absolute Gasteiger partial charge is 0.166 e. The van der Waals surface area contributed by atoms with Crippen molar-refractivity contribution in [3.63, 3.8) is 0 Å². The molecule has 0 saturated heterocycles.